The van der Waals surface area contributed by atoms with Gasteiger partial charge in [-0.2, -0.15) is 0 Å². The van der Waals surface area contributed by atoms with Crippen molar-refractivity contribution in [3.05, 3.63) is 28.8 Å². The zero-order valence-corrected chi connectivity index (χ0v) is 12.9. The maximum absolute atomic E-state index is 5.74. The number of ether oxygens (including phenoxy) is 1. The molecule has 0 radical (unpaired) electrons. The van der Waals surface area contributed by atoms with Crippen LogP contribution in [0.1, 0.15) is 35.6 Å². The predicted molar refractivity (Wildman–Crippen MR) is 82.4 cm³/mol. The fourth-order valence-electron chi connectivity index (χ4n) is 3.61. The second-order valence-electron chi connectivity index (χ2n) is 6.27. The molecular weight excluding hydrogens is 248 g/mol. The van der Waals surface area contributed by atoms with Gasteiger partial charge in [-0.1, -0.05) is 17.7 Å². The van der Waals surface area contributed by atoms with Crippen LogP contribution in [0, 0.1) is 19.8 Å². The summed E-state index contributed by atoms with van der Waals surface area (Å²) >= 11 is 0. The van der Waals surface area contributed by atoms with Gasteiger partial charge in [0.2, 0.25) is 0 Å². The largest absolute Gasteiger partial charge is 0.496 e. The molecular formula is C17H26N2O. The van der Waals surface area contributed by atoms with Crippen molar-refractivity contribution in [2.45, 2.75) is 32.7 Å². The van der Waals surface area contributed by atoms with Gasteiger partial charge in [0.15, 0.2) is 0 Å². The summed E-state index contributed by atoms with van der Waals surface area (Å²) in [6.07, 6.45) is 2.73. The van der Waals surface area contributed by atoms with E-state index in [1.807, 2.05) is 7.11 Å². The number of methoxy groups -OCH3 is 1. The Balaban J connectivity index is 1.98. The lowest BCUT2D eigenvalue weighted by Crippen LogP contribution is -2.45. The van der Waals surface area contributed by atoms with Crippen molar-refractivity contribution >= 4 is 0 Å². The van der Waals surface area contributed by atoms with E-state index in [0.29, 0.717) is 6.04 Å². The van der Waals surface area contributed by atoms with Crippen molar-refractivity contribution < 1.29 is 4.74 Å². The number of rotatable bonds is 4. The molecule has 0 aromatic heterocycles. The minimum absolute atomic E-state index is 0.547. The van der Waals surface area contributed by atoms with Gasteiger partial charge in [-0.15, -0.1) is 0 Å². The zero-order valence-electron chi connectivity index (χ0n) is 12.9. The average molecular weight is 274 g/mol. The highest BCUT2D eigenvalue weighted by atomic mass is 16.5. The van der Waals surface area contributed by atoms with Crippen LogP contribution < -0.4 is 10.1 Å². The summed E-state index contributed by atoms with van der Waals surface area (Å²) in [6.45, 7) is 8.87. The quantitative estimate of drug-likeness (QED) is 0.913. The Morgan fingerprint density at radius 2 is 1.90 bits per heavy atom. The molecule has 20 heavy (non-hydrogen) atoms. The van der Waals surface area contributed by atoms with Crippen molar-refractivity contribution in [3.63, 3.8) is 0 Å². The fourth-order valence-corrected chi connectivity index (χ4v) is 3.61. The molecule has 1 aliphatic carbocycles. The van der Waals surface area contributed by atoms with Gasteiger partial charge < -0.3 is 10.1 Å². The molecule has 1 aromatic carbocycles. The number of aryl methyl sites for hydroxylation is 2. The van der Waals surface area contributed by atoms with Gasteiger partial charge in [-0.3, -0.25) is 4.90 Å². The van der Waals surface area contributed by atoms with Gasteiger partial charge in [-0.25, -0.2) is 0 Å². The first-order valence-electron chi connectivity index (χ1n) is 7.80. The molecule has 1 atom stereocenters. The first-order valence-corrected chi connectivity index (χ1v) is 7.80. The molecule has 3 rings (SSSR count). The Hall–Kier alpha value is -1.06. The summed E-state index contributed by atoms with van der Waals surface area (Å²) < 4.78 is 5.74. The van der Waals surface area contributed by atoms with Crippen molar-refractivity contribution in [1.29, 1.82) is 0 Å². The van der Waals surface area contributed by atoms with Crippen LogP contribution in [0.5, 0.6) is 5.75 Å². The molecule has 1 aromatic rings. The van der Waals surface area contributed by atoms with Crippen molar-refractivity contribution in [2.24, 2.45) is 5.92 Å². The summed E-state index contributed by atoms with van der Waals surface area (Å²) in [5, 5.41) is 3.46. The Labute approximate surface area is 122 Å². The number of nitrogens with one attached hydrogen (secondary N) is 1. The summed E-state index contributed by atoms with van der Waals surface area (Å²) in [6, 6.07) is 5.12. The maximum Gasteiger partial charge on any atom is 0.126 e. The van der Waals surface area contributed by atoms with Gasteiger partial charge >= 0.3 is 0 Å². The Morgan fingerprint density at radius 3 is 2.50 bits per heavy atom. The maximum atomic E-state index is 5.74. The monoisotopic (exact) mass is 274 g/mol. The molecule has 3 heteroatoms. The number of hydrogen-bond donors (Lipinski definition) is 1. The normalized spacial score (nSPS) is 21.8. The fraction of sp³-hybridized carbons (Fsp3) is 0.647. The van der Waals surface area contributed by atoms with Crippen LogP contribution in [0.2, 0.25) is 0 Å². The molecule has 1 unspecified atom stereocenters. The molecule has 0 spiro atoms. The van der Waals surface area contributed by atoms with E-state index in [1.54, 1.807) is 0 Å². The van der Waals surface area contributed by atoms with Crippen LogP contribution in [0.15, 0.2) is 12.1 Å². The number of nitrogens with zero attached hydrogens (tertiary/aromatic N) is 1. The summed E-state index contributed by atoms with van der Waals surface area (Å²) in [5.74, 6) is 1.93. The molecule has 110 valence electrons. The van der Waals surface area contributed by atoms with Crippen molar-refractivity contribution in [2.75, 3.05) is 33.3 Å². The van der Waals surface area contributed by atoms with Gasteiger partial charge in [-0.05, 0) is 38.2 Å². The Bertz CT molecular complexity index is 476. The van der Waals surface area contributed by atoms with Crippen LogP contribution in [0.3, 0.4) is 0 Å². The third kappa shape index (κ3) is 2.70. The topological polar surface area (TPSA) is 24.5 Å². The Morgan fingerprint density at radius 1 is 1.20 bits per heavy atom. The second-order valence-corrected chi connectivity index (χ2v) is 6.27. The van der Waals surface area contributed by atoms with Crippen LogP contribution in [0.25, 0.3) is 0 Å². The first-order chi connectivity index (χ1) is 9.70. The molecule has 1 saturated carbocycles. The third-order valence-electron chi connectivity index (χ3n) is 4.58. The lowest BCUT2D eigenvalue weighted by atomic mass is 9.94. The highest BCUT2D eigenvalue weighted by molar-refractivity contribution is 5.46. The molecule has 3 nitrogen and oxygen atoms in total. The van der Waals surface area contributed by atoms with Crippen LogP contribution >= 0.6 is 0 Å². The number of hydrogen-bond acceptors (Lipinski definition) is 3. The molecule has 1 N–H and O–H groups in total. The SMILES string of the molecule is COc1c(C)cc(C)cc1C(C1CC1)N1CCNCC1. The van der Waals surface area contributed by atoms with Crippen LogP contribution in [-0.2, 0) is 0 Å². The van der Waals surface area contributed by atoms with E-state index in [1.165, 1.54) is 29.5 Å². The molecule has 1 heterocycles. The van der Waals surface area contributed by atoms with Gasteiger partial charge in [0, 0.05) is 37.8 Å². The lowest BCUT2D eigenvalue weighted by Gasteiger charge is -2.36. The van der Waals surface area contributed by atoms with E-state index in [2.05, 4.69) is 36.2 Å². The number of benzene rings is 1. The molecule has 0 amide bonds. The van der Waals surface area contributed by atoms with E-state index < -0.39 is 0 Å². The minimum Gasteiger partial charge on any atom is -0.496 e. The zero-order chi connectivity index (χ0) is 14.1. The molecule has 1 saturated heterocycles. The highest BCUT2D eigenvalue weighted by Gasteiger charge is 2.38. The molecule has 0 bridgehead atoms. The minimum atomic E-state index is 0.547. The highest BCUT2D eigenvalue weighted by Crippen LogP contribution is 2.47. The van der Waals surface area contributed by atoms with E-state index in [4.69, 9.17) is 4.74 Å². The van der Waals surface area contributed by atoms with Gasteiger partial charge in [0.25, 0.3) is 0 Å². The van der Waals surface area contributed by atoms with E-state index >= 15 is 0 Å². The van der Waals surface area contributed by atoms with E-state index in [0.717, 1.165) is 37.8 Å². The van der Waals surface area contributed by atoms with Crippen LogP contribution in [0.4, 0.5) is 0 Å². The summed E-state index contributed by atoms with van der Waals surface area (Å²) in [5.41, 5.74) is 4.02. The average Bonchev–Trinajstić information content (AvgIpc) is 3.24. The third-order valence-corrected chi connectivity index (χ3v) is 4.58. The molecule has 2 fully saturated rings. The number of piperazine rings is 1. The molecule has 1 aliphatic heterocycles. The van der Waals surface area contributed by atoms with Crippen LogP contribution in [-0.4, -0.2) is 38.2 Å². The van der Waals surface area contributed by atoms with Gasteiger partial charge in [0.1, 0.15) is 5.75 Å². The summed E-state index contributed by atoms with van der Waals surface area (Å²) in [7, 11) is 1.81. The standard InChI is InChI=1S/C17H26N2O/c1-12-10-13(2)17(20-3)15(11-12)16(14-4-5-14)19-8-6-18-7-9-19/h10-11,14,16,18H,4-9H2,1-3H3. The smallest absolute Gasteiger partial charge is 0.126 e. The first kappa shape index (κ1) is 13.9. The van der Waals surface area contributed by atoms with E-state index in [-0.39, 0.29) is 0 Å². The second kappa shape index (κ2) is 5.74. The van der Waals surface area contributed by atoms with E-state index in [9.17, 15) is 0 Å². The predicted octanol–water partition coefficient (Wildman–Crippen LogP) is 2.67. The lowest BCUT2D eigenvalue weighted by molar-refractivity contribution is 0.153. The Kier molecular flexibility index (Phi) is 3.99. The van der Waals surface area contributed by atoms with Gasteiger partial charge in [0.05, 0.1) is 7.11 Å². The van der Waals surface area contributed by atoms with Crippen molar-refractivity contribution in [3.8, 4) is 5.75 Å². The summed E-state index contributed by atoms with van der Waals surface area (Å²) in [4.78, 5) is 2.66. The van der Waals surface area contributed by atoms with Crippen molar-refractivity contribution in [1.82, 2.24) is 10.2 Å². The molecule has 2 aliphatic rings.